The van der Waals surface area contributed by atoms with Crippen LogP contribution in [0.4, 0.5) is 10.1 Å². The molecule has 1 N–H and O–H groups in total. The van der Waals surface area contributed by atoms with E-state index in [2.05, 4.69) is 5.32 Å². The molecular weight excluding hydrogens is 341 g/mol. The monoisotopic (exact) mass is 361 g/mol. The topological polar surface area (TPSA) is 73.9 Å². The van der Waals surface area contributed by atoms with Crippen molar-refractivity contribution in [1.82, 2.24) is 0 Å². The van der Waals surface area contributed by atoms with Gasteiger partial charge < -0.3 is 19.5 Å². The number of carbonyl (C=O) groups excluding carboxylic acids is 2. The van der Waals surface area contributed by atoms with E-state index in [1.54, 1.807) is 18.2 Å². The number of carbonyl (C=O) groups is 2. The normalized spacial score (nSPS) is 10.1. The second kappa shape index (κ2) is 9.41. The third-order valence-electron chi connectivity index (χ3n) is 3.26. The van der Waals surface area contributed by atoms with Gasteiger partial charge in [0.25, 0.3) is 5.91 Å². The maximum absolute atomic E-state index is 13.5. The highest BCUT2D eigenvalue weighted by Gasteiger charge is 2.15. The summed E-state index contributed by atoms with van der Waals surface area (Å²) in [4.78, 5) is 23.8. The van der Waals surface area contributed by atoms with Gasteiger partial charge in [-0.1, -0.05) is 12.1 Å². The number of halogens is 1. The summed E-state index contributed by atoms with van der Waals surface area (Å²) < 4.78 is 29.3. The molecule has 0 aliphatic rings. The highest BCUT2D eigenvalue weighted by atomic mass is 19.1. The number of benzene rings is 2. The maximum Gasteiger partial charge on any atom is 0.341 e. The van der Waals surface area contributed by atoms with Crippen molar-refractivity contribution in [2.75, 3.05) is 25.1 Å². The molecule has 2 aromatic rings. The number of rotatable bonds is 8. The van der Waals surface area contributed by atoms with Crippen LogP contribution in [-0.4, -0.2) is 31.7 Å². The van der Waals surface area contributed by atoms with Gasteiger partial charge in [-0.15, -0.1) is 0 Å². The van der Waals surface area contributed by atoms with Gasteiger partial charge in [-0.3, -0.25) is 4.79 Å². The second-order valence-electron chi connectivity index (χ2n) is 5.13. The predicted octanol–water partition coefficient (Wildman–Crippen LogP) is 3.42. The number of amides is 1. The molecule has 2 aromatic carbocycles. The minimum Gasteiger partial charge on any atom is -0.490 e. The Kier molecular flexibility index (Phi) is 6.96. The maximum atomic E-state index is 13.5. The molecule has 0 saturated heterocycles. The second-order valence-corrected chi connectivity index (χ2v) is 5.13. The minimum absolute atomic E-state index is 0.222. The van der Waals surface area contributed by atoms with Crippen LogP contribution < -0.4 is 14.8 Å². The molecule has 0 saturated carbocycles. The van der Waals surface area contributed by atoms with E-state index in [1.165, 1.54) is 18.2 Å². The van der Waals surface area contributed by atoms with E-state index in [4.69, 9.17) is 14.2 Å². The number of esters is 1. The lowest BCUT2D eigenvalue weighted by atomic mass is 10.2. The lowest BCUT2D eigenvalue weighted by molar-refractivity contribution is -0.119. The summed E-state index contributed by atoms with van der Waals surface area (Å²) in [6.45, 7) is 4.08. The zero-order valence-corrected chi connectivity index (χ0v) is 14.6. The highest BCUT2D eigenvalue weighted by molar-refractivity contribution is 5.95. The molecule has 0 aliphatic heterocycles. The Morgan fingerprint density at radius 2 is 1.69 bits per heavy atom. The lowest BCUT2D eigenvalue weighted by Gasteiger charge is -2.13. The first-order chi connectivity index (χ1) is 12.5. The van der Waals surface area contributed by atoms with Gasteiger partial charge in [-0.05, 0) is 38.1 Å². The van der Waals surface area contributed by atoms with Gasteiger partial charge in [-0.25, -0.2) is 9.18 Å². The van der Waals surface area contributed by atoms with E-state index >= 15 is 0 Å². The molecule has 0 heterocycles. The van der Waals surface area contributed by atoms with E-state index < -0.39 is 24.3 Å². The molecule has 2 rings (SSSR count). The summed E-state index contributed by atoms with van der Waals surface area (Å²) in [5.74, 6) is -1.10. The van der Waals surface area contributed by atoms with Crippen LogP contribution >= 0.6 is 0 Å². The summed E-state index contributed by atoms with van der Waals surface area (Å²) in [6.07, 6.45) is 0. The molecule has 0 fully saturated rings. The quantitative estimate of drug-likeness (QED) is 0.730. The van der Waals surface area contributed by atoms with Crippen molar-refractivity contribution >= 4 is 17.6 Å². The number of anilines is 1. The van der Waals surface area contributed by atoms with Gasteiger partial charge in [0.1, 0.15) is 5.82 Å². The zero-order chi connectivity index (χ0) is 18.9. The van der Waals surface area contributed by atoms with Gasteiger partial charge in [0.05, 0.1) is 18.8 Å². The molecule has 0 aliphatic carbocycles. The number of hydrogen-bond acceptors (Lipinski definition) is 5. The van der Waals surface area contributed by atoms with Gasteiger partial charge in [0.15, 0.2) is 18.1 Å². The molecule has 0 radical (unpaired) electrons. The van der Waals surface area contributed by atoms with Crippen LogP contribution in [-0.2, 0) is 9.53 Å². The summed E-state index contributed by atoms with van der Waals surface area (Å²) >= 11 is 0. The van der Waals surface area contributed by atoms with Crippen molar-refractivity contribution < 1.29 is 28.2 Å². The summed E-state index contributed by atoms with van der Waals surface area (Å²) in [5.41, 5.74) is 0.240. The molecule has 7 heteroatoms. The van der Waals surface area contributed by atoms with Gasteiger partial charge in [0, 0.05) is 11.8 Å². The van der Waals surface area contributed by atoms with Crippen molar-refractivity contribution in [2.24, 2.45) is 0 Å². The summed E-state index contributed by atoms with van der Waals surface area (Å²) in [5, 5.41) is 2.59. The van der Waals surface area contributed by atoms with Crippen LogP contribution in [0, 0.1) is 5.82 Å². The first kappa shape index (κ1) is 19.2. The van der Waals surface area contributed by atoms with Gasteiger partial charge >= 0.3 is 5.97 Å². The van der Waals surface area contributed by atoms with Gasteiger partial charge in [0.2, 0.25) is 0 Å². The zero-order valence-electron chi connectivity index (χ0n) is 14.6. The Morgan fingerprint density at radius 3 is 2.38 bits per heavy atom. The van der Waals surface area contributed by atoms with Crippen molar-refractivity contribution in [2.45, 2.75) is 13.8 Å². The van der Waals surface area contributed by atoms with Gasteiger partial charge in [-0.2, -0.15) is 0 Å². The molecule has 0 bridgehead atoms. The summed E-state index contributed by atoms with van der Waals surface area (Å²) in [7, 11) is 0. The van der Waals surface area contributed by atoms with E-state index in [9.17, 15) is 14.0 Å². The Hall–Kier alpha value is -3.09. The van der Waals surface area contributed by atoms with Crippen LogP contribution in [0.1, 0.15) is 24.2 Å². The van der Waals surface area contributed by atoms with Crippen LogP contribution in [0.2, 0.25) is 0 Å². The van der Waals surface area contributed by atoms with Crippen LogP contribution in [0.5, 0.6) is 11.5 Å². The third-order valence-corrected chi connectivity index (χ3v) is 3.26. The number of ether oxygens (including phenoxy) is 3. The average Bonchev–Trinajstić information content (AvgIpc) is 2.62. The molecule has 26 heavy (non-hydrogen) atoms. The van der Waals surface area contributed by atoms with Crippen molar-refractivity contribution in [3.05, 3.63) is 53.8 Å². The van der Waals surface area contributed by atoms with E-state index in [0.29, 0.717) is 30.4 Å². The fourth-order valence-electron chi connectivity index (χ4n) is 2.16. The van der Waals surface area contributed by atoms with Crippen LogP contribution in [0.15, 0.2) is 42.5 Å². The molecule has 0 unspecified atom stereocenters. The van der Waals surface area contributed by atoms with E-state index in [0.717, 1.165) is 6.07 Å². The Balaban J connectivity index is 1.96. The molecular formula is C19H20FNO5. The molecule has 1 amide bonds. The fourth-order valence-corrected chi connectivity index (χ4v) is 2.16. The molecule has 6 nitrogen and oxygen atoms in total. The smallest absolute Gasteiger partial charge is 0.341 e. The Labute approximate surface area is 150 Å². The Bertz CT molecular complexity index is 778. The number of nitrogens with one attached hydrogen (secondary N) is 1. The average molecular weight is 361 g/mol. The van der Waals surface area contributed by atoms with E-state index in [1.807, 2.05) is 13.8 Å². The van der Waals surface area contributed by atoms with Crippen molar-refractivity contribution in [3.63, 3.8) is 0 Å². The SMILES string of the molecule is CCOc1ccc(NC(=O)COC(=O)c2ccccc2F)cc1OCC. The largest absolute Gasteiger partial charge is 0.490 e. The van der Waals surface area contributed by atoms with E-state index in [-0.39, 0.29) is 5.56 Å². The van der Waals surface area contributed by atoms with Crippen LogP contribution in [0.3, 0.4) is 0 Å². The Morgan fingerprint density at radius 1 is 1.00 bits per heavy atom. The lowest BCUT2D eigenvalue weighted by Crippen LogP contribution is -2.21. The minimum atomic E-state index is -0.903. The van der Waals surface area contributed by atoms with Crippen LogP contribution in [0.25, 0.3) is 0 Å². The fraction of sp³-hybridized carbons (Fsp3) is 0.263. The van der Waals surface area contributed by atoms with Crippen molar-refractivity contribution in [3.8, 4) is 11.5 Å². The molecule has 0 aromatic heterocycles. The predicted molar refractivity (Wildman–Crippen MR) is 94.1 cm³/mol. The molecule has 138 valence electrons. The standard InChI is InChI=1S/C19H20FNO5/c1-3-24-16-10-9-13(11-17(16)25-4-2)21-18(22)12-26-19(23)14-7-5-6-8-15(14)20/h5-11H,3-4,12H2,1-2H3,(H,21,22). The highest BCUT2D eigenvalue weighted by Crippen LogP contribution is 2.30. The van der Waals surface area contributed by atoms with Crippen molar-refractivity contribution in [1.29, 1.82) is 0 Å². The first-order valence-electron chi connectivity index (χ1n) is 8.16. The number of hydrogen-bond donors (Lipinski definition) is 1. The third kappa shape index (κ3) is 5.20. The molecule has 0 atom stereocenters. The molecule has 0 spiro atoms. The first-order valence-corrected chi connectivity index (χ1v) is 8.16. The summed E-state index contributed by atoms with van der Waals surface area (Å²) in [6, 6.07) is 10.3.